The van der Waals surface area contributed by atoms with Gasteiger partial charge in [-0.25, -0.2) is 4.39 Å². The van der Waals surface area contributed by atoms with Crippen LogP contribution in [0, 0.1) is 11.7 Å². The normalized spacial score (nSPS) is 17.8. The minimum Gasteiger partial charge on any atom is -0.487 e. The number of carbonyl (C=O) groups is 2. The highest BCUT2D eigenvalue weighted by Crippen LogP contribution is 2.41. The molecule has 0 spiro atoms. The van der Waals surface area contributed by atoms with Crippen LogP contribution in [0.1, 0.15) is 43.0 Å². The van der Waals surface area contributed by atoms with Crippen LogP contribution in [0.4, 0.5) is 10.1 Å². The molecule has 0 radical (unpaired) electrons. The van der Waals surface area contributed by atoms with Crippen molar-refractivity contribution in [1.29, 1.82) is 0 Å². The first-order chi connectivity index (χ1) is 14.9. The monoisotopic (exact) mass is 424 g/mol. The van der Waals surface area contributed by atoms with Gasteiger partial charge in [0.05, 0.1) is 12.2 Å². The summed E-state index contributed by atoms with van der Waals surface area (Å²) in [5.41, 5.74) is 4.18. The Balaban J connectivity index is 1.58. The number of hydrogen-bond acceptors (Lipinski definition) is 5. The number of benzene rings is 2. The molecule has 0 aromatic heterocycles. The van der Waals surface area contributed by atoms with E-state index in [1.54, 1.807) is 13.0 Å². The lowest BCUT2D eigenvalue weighted by Crippen LogP contribution is -2.41. The summed E-state index contributed by atoms with van der Waals surface area (Å²) in [4.78, 5) is 24.7. The number of hydrogen-bond donors (Lipinski definition) is 2. The van der Waals surface area contributed by atoms with E-state index in [0.29, 0.717) is 42.3 Å². The zero-order valence-corrected chi connectivity index (χ0v) is 17.8. The molecule has 1 atom stereocenters. The fourth-order valence-corrected chi connectivity index (χ4v) is 3.95. The number of rotatable bonds is 6. The van der Waals surface area contributed by atoms with E-state index in [0.717, 1.165) is 16.7 Å². The SMILES string of the molecule is CCOC(=O)C(NCc1ccc2c(c1)COC2=C1C(=O)Nc2ccc(F)cc21)C(C)C. The van der Waals surface area contributed by atoms with E-state index in [2.05, 4.69) is 10.6 Å². The molecular formula is C24H25FN2O4. The van der Waals surface area contributed by atoms with Crippen LogP contribution in [0.5, 0.6) is 0 Å². The molecule has 0 aliphatic carbocycles. The molecule has 1 amide bonds. The lowest BCUT2D eigenvalue weighted by Gasteiger charge is -2.20. The van der Waals surface area contributed by atoms with Gasteiger partial charge in [-0.3, -0.25) is 9.59 Å². The molecule has 2 N–H and O–H groups in total. The number of anilines is 1. The molecule has 2 heterocycles. The van der Waals surface area contributed by atoms with E-state index >= 15 is 0 Å². The maximum atomic E-state index is 13.8. The average Bonchev–Trinajstić information content (AvgIpc) is 3.27. The Labute approximate surface area is 180 Å². The number of halogens is 1. The quantitative estimate of drug-likeness (QED) is 0.544. The zero-order chi connectivity index (χ0) is 22.1. The van der Waals surface area contributed by atoms with Crippen LogP contribution < -0.4 is 10.6 Å². The summed E-state index contributed by atoms with van der Waals surface area (Å²) >= 11 is 0. The van der Waals surface area contributed by atoms with Crippen LogP contribution >= 0.6 is 0 Å². The van der Waals surface area contributed by atoms with E-state index < -0.39 is 11.9 Å². The predicted octanol–water partition coefficient (Wildman–Crippen LogP) is 3.85. The molecule has 7 heteroatoms. The van der Waals surface area contributed by atoms with Crippen molar-refractivity contribution < 1.29 is 23.5 Å². The van der Waals surface area contributed by atoms with E-state index in [9.17, 15) is 14.0 Å². The molecule has 31 heavy (non-hydrogen) atoms. The molecule has 162 valence electrons. The van der Waals surface area contributed by atoms with Gasteiger partial charge in [0.2, 0.25) is 0 Å². The van der Waals surface area contributed by atoms with Crippen molar-refractivity contribution in [2.24, 2.45) is 5.92 Å². The van der Waals surface area contributed by atoms with Gasteiger partial charge in [-0.15, -0.1) is 0 Å². The Bertz CT molecular complexity index is 1080. The second-order valence-electron chi connectivity index (χ2n) is 7.98. The minimum absolute atomic E-state index is 0.0921. The van der Waals surface area contributed by atoms with E-state index in [-0.39, 0.29) is 17.8 Å². The first kappa shape index (κ1) is 21.1. The first-order valence-electron chi connectivity index (χ1n) is 10.4. The number of ether oxygens (including phenoxy) is 2. The van der Waals surface area contributed by atoms with E-state index in [1.807, 2.05) is 32.0 Å². The van der Waals surface area contributed by atoms with Gasteiger partial charge < -0.3 is 20.1 Å². The highest BCUT2D eigenvalue weighted by atomic mass is 19.1. The number of fused-ring (bicyclic) bond motifs is 2. The van der Waals surface area contributed by atoms with Crippen molar-refractivity contribution in [3.05, 3.63) is 64.5 Å². The van der Waals surface area contributed by atoms with Gasteiger partial charge in [-0.1, -0.05) is 32.0 Å². The van der Waals surface area contributed by atoms with Crippen molar-refractivity contribution in [1.82, 2.24) is 5.32 Å². The third-order valence-electron chi connectivity index (χ3n) is 5.47. The lowest BCUT2D eigenvalue weighted by molar-refractivity contribution is -0.146. The van der Waals surface area contributed by atoms with Gasteiger partial charge >= 0.3 is 5.97 Å². The van der Waals surface area contributed by atoms with Gasteiger partial charge in [0.25, 0.3) is 5.91 Å². The van der Waals surface area contributed by atoms with E-state index in [1.165, 1.54) is 12.1 Å². The number of nitrogens with one attached hydrogen (secondary N) is 2. The highest BCUT2D eigenvalue weighted by molar-refractivity contribution is 6.36. The lowest BCUT2D eigenvalue weighted by atomic mass is 9.98. The first-order valence-corrected chi connectivity index (χ1v) is 10.4. The molecule has 0 saturated heterocycles. The van der Waals surface area contributed by atoms with Crippen LogP contribution in [0.3, 0.4) is 0 Å². The van der Waals surface area contributed by atoms with Crippen molar-refractivity contribution in [2.45, 2.75) is 40.0 Å². The van der Waals surface area contributed by atoms with Gasteiger partial charge in [-0.05, 0) is 36.6 Å². The van der Waals surface area contributed by atoms with E-state index in [4.69, 9.17) is 9.47 Å². The molecule has 1 unspecified atom stereocenters. The van der Waals surface area contributed by atoms with Gasteiger partial charge in [0, 0.05) is 28.9 Å². The van der Waals surface area contributed by atoms with Gasteiger partial charge in [-0.2, -0.15) is 0 Å². The zero-order valence-electron chi connectivity index (χ0n) is 17.8. The second kappa shape index (κ2) is 8.51. The highest BCUT2D eigenvalue weighted by Gasteiger charge is 2.33. The fourth-order valence-electron chi connectivity index (χ4n) is 3.95. The maximum Gasteiger partial charge on any atom is 0.323 e. The van der Waals surface area contributed by atoms with Crippen molar-refractivity contribution >= 4 is 28.9 Å². The Kier molecular flexibility index (Phi) is 5.78. The van der Waals surface area contributed by atoms with Crippen LogP contribution in [0.15, 0.2) is 36.4 Å². The predicted molar refractivity (Wildman–Crippen MR) is 115 cm³/mol. The third kappa shape index (κ3) is 4.05. The molecule has 4 rings (SSSR count). The molecule has 2 aromatic carbocycles. The Morgan fingerprint density at radius 3 is 2.77 bits per heavy atom. The van der Waals surface area contributed by atoms with Gasteiger partial charge in [0.1, 0.15) is 24.2 Å². The van der Waals surface area contributed by atoms with Crippen LogP contribution in [0.25, 0.3) is 11.3 Å². The summed E-state index contributed by atoms with van der Waals surface area (Å²) in [6.07, 6.45) is 0. The summed E-state index contributed by atoms with van der Waals surface area (Å²) < 4.78 is 24.8. The molecule has 0 bridgehead atoms. The van der Waals surface area contributed by atoms with Crippen LogP contribution in [-0.4, -0.2) is 24.5 Å². The Morgan fingerprint density at radius 2 is 2.03 bits per heavy atom. The molecule has 0 fully saturated rings. The molecule has 2 aliphatic heterocycles. The average molecular weight is 424 g/mol. The fraction of sp³-hybridized carbons (Fsp3) is 0.333. The summed E-state index contributed by atoms with van der Waals surface area (Å²) in [6.45, 7) is 6.89. The summed E-state index contributed by atoms with van der Waals surface area (Å²) in [5.74, 6) is -0.415. The second-order valence-corrected chi connectivity index (χ2v) is 7.98. The maximum absolute atomic E-state index is 13.8. The van der Waals surface area contributed by atoms with Crippen molar-refractivity contribution in [2.75, 3.05) is 11.9 Å². The number of carbonyl (C=O) groups excluding carboxylic acids is 2. The topological polar surface area (TPSA) is 76.7 Å². The summed E-state index contributed by atoms with van der Waals surface area (Å²) in [6, 6.07) is 9.65. The summed E-state index contributed by atoms with van der Waals surface area (Å²) in [7, 11) is 0. The van der Waals surface area contributed by atoms with Crippen molar-refractivity contribution in [3.63, 3.8) is 0 Å². The molecule has 0 saturated carbocycles. The molecular weight excluding hydrogens is 399 g/mol. The minimum atomic E-state index is -0.408. The largest absolute Gasteiger partial charge is 0.487 e. The van der Waals surface area contributed by atoms with Crippen LogP contribution in [-0.2, 0) is 32.2 Å². The summed E-state index contributed by atoms with van der Waals surface area (Å²) in [5, 5.41) is 6.03. The number of esters is 1. The number of amides is 1. The van der Waals surface area contributed by atoms with Gasteiger partial charge in [0.15, 0.2) is 0 Å². The van der Waals surface area contributed by atoms with Crippen molar-refractivity contribution in [3.8, 4) is 0 Å². The Hall–Kier alpha value is -3.19. The molecule has 2 aliphatic rings. The molecule has 2 aromatic rings. The third-order valence-corrected chi connectivity index (χ3v) is 5.47. The smallest absolute Gasteiger partial charge is 0.323 e. The molecule has 6 nitrogen and oxygen atoms in total. The Morgan fingerprint density at radius 1 is 1.23 bits per heavy atom. The standard InChI is InChI=1S/C24H25FN2O4/c1-4-30-24(29)21(13(2)3)26-11-14-5-7-17-15(9-14)12-31-22(17)20-18-10-16(25)6-8-19(18)27-23(20)28/h5-10,13,21,26H,4,11-12H2,1-3H3,(H,27,28). The van der Waals surface area contributed by atoms with Crippen LogP contribution in [0.2, 0.25) is 0 Å².